The third-order valence-electron chi connectivity index (χ3n) is 2.26. The molecule has 0 aliphatic heterocycles. The number of methoxy groups -OCH3 is 1. The second kappa shape index (κ2) is 4.80. The molecule has 0 bridgehead atoms. The van der Waals surface area contributed by atoms with Crippen LogP contribution in [-0.4, -0.2) is 13.8 Å². The molecule has 0 fully saturated rings. The van der Waals surface area contributed by atoms with Crippen LogP contribution in [0.15, 0.2) is 24.8 Å². The van der Waals surface area contributed by atoms with Crippen LogP contribution in [0.3, 0.4) is 0 Å². The zero-order chi connectivity index (χ0) is 10.6. The standard InChI is InChI=1S/C12H15FO/c1-4-10-6-5-7-11(9(2)8-13)12(10)14-3/h4-7,9H,1,8H2,2-3H3. The fourth-order valence-electron chi connectivity index (χ4n) is 1.44. The monoisotopic (exact) mass is 194 g/mol. The van der Waals surface area contributed by atoms with Crippen molar-refractivity contribution in [3.63, 3.8) is 0 Å². The summed E-state index contributed by atoms with van der Waals surface area (Å²) < 4.78 is 17.8. The van der Waals surface area contributed by atoms with E-state index in [4.69, 9.17) is 4.74 Å². The number of ether oxygens (including phenoxy) is 1. The molecule has 14 heavy (non-hydrogen) atoms. The van der Waals surface area contributed by atoms with Gasteiger partial charge in [0.1, 0.15) is 5.75 Å². The zero-order valence-electron chi connectivity index (χ0n) is 8.59. The van der Waals surface area contributed by atoms with Crippen molar-refractivity contribution in [2.75, 3.05) is 13.8 Å². The summed E-state index contributed by atoms with van der Waals surface area (Å²) in [6.45, 7) is 5.15. The van der Waals surface area contributed by atoms with Gasteiger partial charge in [0, 0.05) is 17.0 Å². The Bertz CT molecular complexity index is 320. The SMILES string of the molecule is C=Cc1cccc(C(C)CF)c1OC. The average molecular weight is 194 g/mol. The second-order valence-electron chi connectivity index (χ2n) is 3.23. The van der Waals surface area contributed by atoms with Crippen molar-refractivity contribution in [2.24, 2.45) is 0 Å². The Morgan fingerprint density at radius 1 is 1.57 bits per heavy atom. The Labute approximate surface area is 84.2 Å². The van der Waals surface area contributed by atoms with Gasteiger partial charge in [-0.25, -0.2) is 0 Å². The molecule has 0 N–H and O–H groups in total. The van der Waals surface area contributed by atoms with Gasteiger partial charge in [0.05, 0.1) is 13.8 Å². The lowest BCUT2D eigenvalue weighted by molar-refractivity contribution is 0.392. The highest BCUT2D eigenvalue weighted by molar-refractivity contribution is 5.59. The van der Waals surface area contributed by atoms with E-state index in [-0.39, 0.29) is 12.6 Å². The van der Waals surface area contributed by atoms with Gasteiger partial charge in [0.15, 0.2) is 0 Å². The Morgan fingerprint density at radius 3 is 2.79 bits per heavy atom. The van der Waals surface area contributed by atoms with Crippen LogP contribution < -0.4 is 4.74 Å². The summed E-state index contributed by atoms with van der Waals surface area (Å²) in [5.74, 6) is 0.595. The first-order valence-corrected chi connectivity index (χ1v) is 4.59. The number of hydrogen-bond acceptors (Lipinski definition) is 1. The fraction of sp³-hybridized carbons (Fsp3) is 0.333. The number of rotatable bonds is 4. The van der Waals surface area contributed by atoms with Crippen molar-refractivity contribution < 1.29 is 9.13 Å². The predicted molar refractivity (Wildman–Crippen MR) is 57.5 cm³/mol. The Hall–Kier alpha value is -1.31. The minimum absolute atomic E-state index is 0.134. The molecule has 1 rings (SSSR count). The molecule has 2 heteroatoms. The van der Waals surface area contributed by atoms with Crippen LogP contribution in [0, 0.1) is 0 Å². The molecule has 1 aromatic rings. The van der Waals surface area contributed by atoms with Gasteiger partial charge in [-0.3, -0.25) is 4.39 Å². The maximum absolute atomic E-state index is 12.5. The van der Waals surface area contributed by atoms with Crippen LogP contribution in [0.2, 0.25) is 0 Å². The van der Waals surface area contributed by atoms with Gasteiger partial charge in [0.25, 0.3) is 0 Å². The van der Waals surface area contributed by atoms with Crippen LogP contribution in [0.5, 0.6) is 5.75 Å². The van der Waals surface area contributed by atoms with Crippen LogP contribution in [-0.2, 0) is 0 Å². The quantitative estimate of drug-likeness (QED) is 0.713. The minimum Gasteiger partial charge on any atom is -0.496 e. The lowest BCUT2D eigenvalue weighted by Crippen LogP contribution is -2.00. The molecule has 1 unspecified atom stereocenters. The molecule has 1 aromatic carbocycles. The van der Waals surface area contributed by atoms with E-state index in [0.29, 0.717) is 0 Å². The summed E-state index contributed by atoms with van der Waals surface area (Å²) in [4.78, 5) is 0. The molecule has 0 saturated carbocycles. The van der Waals surface area contributed by atoms with E-state index in [1.54, 1.807) is 13.2 Å². The van der Waals surface area contributed by atoms with E-state index in [2.05, 4.69) is 6.58 Å². The number of halogens is 1. The summed E-state index contributed by atoms with van der Waals surface area (Å²) in [6, 6.07) is 5.68. The molecule has 0 heterocycles. The van der Waals surface area contributed by atoms with Gasteiger partial charge in [-0.1, -0.05) is 37.8 Å². The molecule has 76 valence electrons. The Balaban J connectivity index is 3.21. The van der Waals surface area contributed by atoms with Crippen LogP contribution in [0.1, 0.15) is 24.0 Å². The molecule has 0 amide bonds. The van der Waals surface area contributed by atoms with E-state index < -0.39 is 0 Å². The maximum Gasteiger partial charge on any atom is 0.129 e. The van der Waals surface area contributed by atoms with Gasteiger partial charge >= 0.3 is 0 Å². The van der Waals surface area contributed by atoms with Crippen molar-refractivity contribution >= 4 is 6.08 Å². The third kappa shape index (κ3) is 1.95. The van der Waals surface area contributed by atoms with Crippen LogP contribution >= 0.6 is 0 Å². The highest BCUT2D eigenvalue weighted by Gasteiger charge is 2.12. The molecular weight excluding hydrogens is 179 g/mol. The van der Waals surface area contributed by atoms with E-state index >= 15 is 0 Å². The number of benzene rings is 1. The highest BCUT2D eigenvalue weighted by atomic mass is 19.1. The topological polar surface area (TPSA) is 9.23 Å². The van der Waals surface area contributed by atoms with Crippen molar-refractivity contribution in [2.45, 2.75) is 12.8 Å². The first-order chi connectivity index (χ1) is 6.74. The van der Waals surface area contributed by atoms with Gasteiger partial charge in [-0.2, -0.15) is 0 Å². The molecule has 0 radical (unpaired) electrons. The maximum atomic E-state index is 12.5. The van der Waals surface area contributed by atoms with Crippen molar-refractivity contribution in [3.05, 3.63) is 35.9 Å². The summed E-state index contributed by atoms with van der Waals surface area (Å²) in [7, 11) is 1.59. The van der Waals surface area contributed by atoms with Crippen molar-refractivity contribution in [1.82, 2.24) is 0 Å². The normalized spacial score (nSPS) is 12.2. The summed E-state index contributed by atoms with van der Waals surface area (Å²) in [5, 5.41) is 0. The zero-order valence-corrected chi connectivity index (χ0v) is 8.59. The fourth-order valence-corrected chi connectivity index (χ4v) is 1.44. The first kappa shape index (κ1) is 10.8. The second-order valence-corrected chi connectivity index (χ2v) is 3.23. The number of alkyl halides is 1. The van der Waals surface area contributed by atoms with Crippen LogP contribution in [0.25, 0.3) is 6.08 Å². The van der Waals surface area contributed by atoms with Crippen molar-refractivity contribution in [1.29, 1.82) is 0 Å². The Morgan fingerprint density at radius 2 is 2.29 bits per heavy atom. The van der Waals surface area contributed by atoms with Gasteiger partial charge in [0.2, 0.25) is 0 Å². The first-order valence-electron chi connectivity index (χ1n) is 4.59. The lowest BCUT2D eigenvalue weighted by atomic mass is 9.98. The molecule has 0 aliphatic carbocycles. The number of para-hydroxylation sites is 1. The Kier molecular flexibility index (Phi) is 3.69. The lowest BCUT2D eigenvalue weighted by Gasteiger charge is -2.14. The minimum atomic E-state index is -0.378. The summed E-state index contributed by atoms with van der Waals surface area (Å²) in [6.07, 6.45) is 1.72. The molecule has 1 nitrogen and oxygen atoms in total. The van der Waals surface area contributed by atoms with E-state index in [9.17, 15) is 4.39 Å². The van der Waals surface area contributed by atoms with Gasteiger partial charge < -0.3 is 4.74 Å². The third-order valence-corrected chi connectivity index (χ3v) is 2.26. The summed E-state index contributed by atoms with van der Waals surface area (Å²) >= 11 is 0. The summed E-state index contributed by atoms with van der Waals surface area (Å²) in [5.41, 5.74) is 1.80. The van der Waals surface area contributed by atoms with Gasteiger partial charge in [-0.15, -0.1) is 0 Å². The molecule has 0 aromatic heterocycles. The smallest absolute Gasteiger partial charge is 0.129 e. The average Bonchev–Trinajstić information content (AvgIpc) is 2.26. The molecule has 0 aliphatic rings. The number of hydrogen-bond donors (Lipinski definition) is 0. The molecule has 0 spiro atoms. The van der Waals surface area contributed by atoms with Gasteiger partial charge in [-0.05, 0) is 0 Å². The van der Waals surface area contributed by atoms with Crippen LogP contribution in [0.4, 0.5) is 4.39 Å². The predicted octanol–water partition coefficient (Wildman–Crippen LogP) is 3.41. The van der Waals surface area contributed by atoms with Crippen molar-refractivity contribution in [3.8, 4) is 5.75 Å². The largest absolute Gasteiger partial charge is 0.496 e. The van der Waals surface area contributed by atoms with E-state index in [1.165, 1.54) is 0 Å². The molecule has 0 saturated heterocycles. The highest BCUT2D eigenvalue weighted by Crippen LogP contribution is 2.30. The van der Waals surface area contributed by atoms with E-state index in [1.807, 2.05) is 25.1 Å². The molecular formula is C12H15FO. The molecule has 1 atom stereocenters. The van der Waals surface area contributed by atoms with E-state index in [0.717, 1.165) is 16.9 Å².